The summed E-state index contributed by atoms with van der Waals surface area (Å²) in [4.78, 5) is 43.3. The first kappa shape index (κ1) is 30.0. The van der Waals surface area contributed by atoms with Crippen molar-refractivity contribution in [2.24, 2.45) is 10.6 Å². The molecular weight excluding hydrogens is 593 g/mol. The number of halogens is 6. The number of imide groups is 3. The van der Waals surface area contributed by atoms with Crippen LogP contribution in [0.5, 0.6) is 0 Å². The van der Waals surface area contributed by atoms with Crippen LogP contribution < -0.4 is 0 Å². The number of oxime groups is 1. The maximum atomic E-state index is 14.3. The first-order chi connectivity index (χ1) is 19.2. The number of alkyl halides is 3. The van der Waals surface area contributed by atoms with Gasteiger partial charge < -0.3 is 9.57 Å². The number of hydrogen-bond donors (Lipinski definition) is 0. The quantitative estimate of drug-likeness (QED) is 0.206. The zero-order valence-electron chi connectivity index (χ0n) is 21.2. The highest BCUT2D eigenvalue weighted by Gasteiger charge is 2.62. The van der Waals surface area contributed by atoms with Gasteiger partial charge in [0.2, 0.25) is 0 Å². The van der Waals surface area contributed by atoms with E-state index in [2.05, 4.69) is 11.7 Å². The maximum Gasteiger partial charge on any atom is 0.435 e. The molecule has 41 heavy (non-hydrogen) atoms. The van der Waals surface area contributed by atoms with Crippen molar-refractivity contribution >= 4 is 46.8 Å². The molecule has 0 saturated heterocycles. The zero-order valence-corrected chi connectivity index (χ0v) is 22.7. The van der Waals surface area contributed by atoms with Crippen LogP contribution >= 0.6 is 23.2 Å². The number of benzene rings is 2. The summed E-state index contributed by atoms with van der Waals surface area (Å²) in [5.74, 6) is -3.24. The smallest absolute Gasteiger partial charge is 0.435 e. The summed E-state index contributed by atoms with van der Waals surface area (Å²) in [6, 6.07) is 7.31. The third kappa shape index (κ3) is 5.52. The number of nitriles is 1. The molecule has 0 spiro atoms. The monoisotopic (exact) mass is 611 g/mol. The van der Waals surface area contributed by atoms with Crippen LogP contribution in [0.4, 0.5) is 22.4 Å². The number of amides is 3. The Bertz CT molecular complexity index is 1530. The first-order valence-electron chi connectivity index (χ1n) is 11.9. The van der Waals surface area contributed by atoms with Gasteiger partial charge in [-0.3, -0.25) is 9.59 Å². The number of rotatable bonds is 6. The lowest BCUT2D eigenvalue weighted by Gasteiger charge is -2.29. The summed E-state index contributed by atoms with van der Waals surface area (Å²) in [6.07, 6.45) is -5.42. The summed E-state index contributed by atoms with van der Waals surface area (Å²) >= 11 is 11.5. The van der Waals surface area contributed by atoms with E-state index in [4.69, 9.17) is 38.0 Å². The summed E-state index contributed by atoms with van der Waals surface area (Å²) in [6.45, 7) is 4.40. The number of nitrogens with zero attached hydrogens (tertiary/aromatic N) is 3. The molecule has 0 aromatic heterocycles. The molecule has 3 amide bonds. The molecule has 1 heterocycles. The minimum Gasteiger partial charge on any atom is -0.447 e. The lowest BCUT2D eigenvalue weighted by molar-refractivity contribution is -0.275. The number of hydrogen-bond acceptors (Lipinski definition) is 7. The van der Waals surface area contributed by atoms with E-state index in [0.717, 1.165) is 18.2 Å². The average Bonchev–Trinajstić information content (AvgIpc) is 3.56. The van der Waals surface area contributed by atoms with Crippen LogP contribution in [0.2, 0.25) is 10.0 Å². The molecular formula is C27H19Cl2F4N3O5. The lowest BCUT2D eigenvalue weighted by atomic mass is 9.86. The van der Waals surface area contributed by atoms with Gasteiger partial charge in [0.15, 0.2) is 5.82 Å². The van der Waals surface area contributed by atoms with Crippen molar-refractivity contribution in [1.29, 1.82) is 5.26 Å². The molecule has 214 valence electrons. The van der Waals surface area contributed by atoms with Gasteiger partial charge in [-0.05, 0) is 61.2 Å². The van der Waals surface area contributed by atoms with Crippen molar-refractivity contribution in [3.8, 4) is 6.07 Å². The highest BCUT2D eigenvalue weighted by Crippen LogP contribution is 2.50. The van der Waals surface area contributed by atoms with E-state index in [1.165, 1.54) is 25.1 Å². The van der Waals surface area contributed by atoms with Gasteiger partial charge in [-0.2, -0.15) is 23.3 Å². The maximum absolute atomic E-state index is 14.3. The highest BCUT2D eigenvalue weighted by atomic mass is 35.5. The predicted octanol–water partition coefficient (Wildman–Crippen LogP) is 6.62. The van der Waals surface area contributed by atoms with Crippen LogP contribution in [0.25, 0.3) is 0 Å². The Balaban J connectivity index is 1.60. The predicted molar refractivity (Wildman–Crippen MR) is 138 cm³/mol. The molecule has 14 heteroatoms. The Morgan fingerprint density at radius 2 is 1.85 bits per heavy atom. The molecule has 1 saturated carbocycles. The second kappa shape index (κ2) is 10.8. The fraction of sp³-hybridized carbons (Fsp3) is 0.296. The van der Waals surface area contributed by atoms with Crippen LogP contribution in [-0.4, -0.2) is 41.3 Å². The Labute approximate surface area is 240 Å². The van der Waals surface area contributed by atoms with Crippen LogP contribution in [-0.2, 0) is 20.0 Å². The van der Waals surface area contributed by atoms with E-state index in [9.17, 15) is 31.9 Å². The number of carbonyl (C=O) groups excluding carboxylic acids is 3. The Hall–Kier alpha value is -3.95. The van der Waals surface area contributed by atoms with E-state index in [0.29, 0.717) is 12.8 Å². The fourth-order valence-electron chi connectivity index (χ4n) is 4.12. The topological polar surface area (TPSA) is 109 Å². The molecule has 1 atom stereocenters. The SMILES string of the molecule is C=CC(=O)N(C(=O)OCC1(C#N)CC1)C(=O)c1ccc(C2=NOC(c3cc(Cl)c(F)c(Cl)c3)(C(F)(F)F)C2)cc1C. The molecule has 0 radical (unpaired) electrons. The van der Waals surface area contributed by atoms with Crippen molar-refractivity contribution in [2.45, 2.75) is 38.0 Å². The number of carbonyl (C=O) groups is 3. The highest BCUT2D eigenvalue weighted by molar-refractivity contribution is 6.35. The minimum atomic E-state index is -5.02. The van der Waals surface area contributed by atoms with Gasteiger partial charge in [-0.1, -0.05) is 41.0 Å². The Kier molecular flexibility index (Phi) is 7.90. The lowest BCUT2D eigenvalue weighted by Crippen LogP contribution is -2.42. The first-order valence-corrected chi connectivity index (χ1v) is 12.6. The molecule has 4 rings (SSSR count). The van der Waals surface area contributed by atoms with E-state index < -0.39 is 62.9 Å². The van der Waals surface area contributed by atoms with Gasteiger partial charge in [0, 0.05) is 17.5 Å². The summed E-state index contributed by atoms with van der Waals surface area (Å²) in [5.41, 5.74) is -4.42. The van der Waals surface area contributed by atoms with Crippen molar-refractivity contribution in [1.82, 2.24) is 4.90 Å². The number of ether oxygens (including phenoxy) is 1. The van der Waals surface area contributed by atoms with E-state index >= 15 is 0 Å². The van der Waals surface area contributed by atoms with E-state index in [-0.39, 0.29) is 33.9 Å². The fourth-order valence-corrected chi connectivity index (χ4v) is 4.61. The molecule has 1 fully saturated rings. The second-order valence-corrected chi connectivity index (χ2v) is 10.4. The standard InChI is InChI=1S/C27H19Cl2F4N3O5/c1-3-21(37)36(24(39)40-13-25(12-34)6-7-25)23(38)17-5-4-15(8-14(17)2)20-11-26(41-35-20,27(31,32)33)16-9-18(28)22(30)19(29)10-16/h3-5,8-10H,1,6-7,11,13H2,2H3. The molecule has 2 aromatic carbocycles. The van der Waals surface area contributed by atoms with E-state index in [1.54, 1.807) is 0 Å². The van der Waals surface area contributed by atoms with Crippen molar-refractivity contribution < 1.29 is 41.5 Å². The van der Waals surface area contributed by atoms with Crippen molar-refractivity contribution in [2.75, 3.05) is 6.61 Å². The van der Waals surface area contributed by atoms with E-state index in [1.807, 2.05) is 6.07 Å². The van der Waals surface area contributed by atoms with Gasteiger partial charge in [0.1, 0.15) is 6.61 Å². The molecule has 0 N–H and O–H groups in total. The van der Waals surface area contributed by atoms with Gasteiger partial charge in [0.25, 0.3) is 17.4 Å². The molecule has 1 unspecified atom stereocenters. The summed E-state index contributed by atoms with van der Waals surface area (Å²) < 4.78 is 61.9. The zero-order chi connectivity index (χ0) is 30.3. The average molecular weight is 612 g/mol. The summed E-state index contributed by atoms with van der Waals surface area (Å²) in [5, 5.41) is 11.5. The number of aryl methyl sites for hydroxylation is 1. The normalized spacial score (nSPS) is 18.9. The van der Waals surface area contributed by atoms with Crippen LogP contribution in [0, 0.1) is 29.5 Å². The van der Waals surface area contributed by atoms with Crippen LogP contribution in [0.15, 0.2) is 48.1 Å². The second-order valence-electron chi connectivity index (χ2n) is 9.54. The van der Waals surface area contributed by atoms with Gasteiger partial charge in [-0.15, -0.1) is 0 Å². The molecule has 2 aliphatic rings. The van der Waals surface area contributed by atoms with Gasteiger partial charge >= 0.3 is 12.3 Å². The van der Waals surface area contributed by atoms with Crippen LogP contribution in [0.1, 0.15) is 46.3 Å². The molecule has 2 aromatic rings. The van der Waals surface area contributed by atoms with Gasteiger partial charge in [-0.25, -0.2) is 9.18 Å². The largest absolute Gasteiger partial charge is 0.447 e. The van der Waals surface area contributed by atoms with Crippen molar-refractivity contribution in [3.05, 3.63) is 81.1 Å². The minimum absolute atomic E-state index is 0.137. The summed E-state index contributed by atoms with van der Waals surface area (Å²) in [7, 11) is 0. The van der Waals surface area contributed by atoms with Gasteiger partial charge in [0.05, 0.1) is 27.2 Å². The third-order valence-corrected chi connectivity index (χ3v) is 7.32. The third-order valence-electron chi connectivity index (χ3n) is 6.77. The molecule has 8 nitrogen and oxygen atoms in total. The molecule has 1 aliphatic heterocycles. The molecule has 1 aliphatic carbocycles. The Morgan fingerprint density at radius 1 is 1.22 bits per heavy atom. The van der Waals surface area contributed by atoms with Crippen LogP contribution in [0.3, 0.4) is 0 Å². The molecule has 0 bridgehead atoms. The Morgan fingerprint density at radius 3 is 2.37 bits per heavy atom. The van der Waals surface area contributed by atoms with Crippen molar-refractivity contribution in [3.63, 3.8) is 0 Å².